The molecule has 0 amide bonds. The van der Waals surface area contributed by atoms with Crippen LogP contribution in [0.3, 0.4) is 0 Å². The topological polar surface area (TPSA) is 3.24 Å². The number of hydrogen-bond donors (Lipinski definition) is 0. The molecule has 86 valence electrons. The van der Waals surface area contributed by atoms with E-state index in [1.165, 1.54) is 31.5 Å². The van der Waals surface area contributed by atoms with Gasteiger partial charge < -0.3 is 0 Å². The molecule has 2 fully saturated rings. The maximum atomic E-state index is 2.65. The molecule has 1 saturated heterocycles. The lowest BCUT2D eigenvalue weighted by Gasteiger charge is -2.17. The Morgan fingerprint density at radius 1 is 1.06 bits per heavy atom. The van der Waals surface area contributed by atoms with Crippen molar-refractivity contribution < 1.29 is 0 Å². The molecule has 1 heteroatoms. The van der Waals surface area contributed by atoms with Gasteiger partial charge in [-0.05, 0) is 36.2 Å². The van der Waals surface area contributed by atoms with Crippen molar-refractivity contribution in [2.24, 2.45) is 17.8 Å². The number of nitrogens with zero attached hydrogens (tertiary/aromatic N) is 1. The van der Waals surface area contributed by atoms with Gasteiger partial charge in [-0.1, -0.05) is 37.3 Å². The molecule has 1 saturated carbocycles. The highest BCUT2D eigenvalue weighted by Crippen LogP contribution is 2.41. The molecule has 0 aromatic heterocycles. The van der Waals surface area contributed by atoms with Crippen molar-refractivity contribution >= 4 is 0 Å². The summed E-state index contributed by atoms with van der Waals surface area (Å²) in [5.41, 5.74) is 1.47. The molecular formula is C15H21N. The average Bonchev–Trinajstić information content (AvgIpc) is 2.76. The highest BCUT2D eigenvalue weighted by molar-refractivity contribution is 5.14. The molecule has 3 rings (SSSR count). The number of fused-ring (bicyclic) bond motifs is 1. The SMILES string of the molecule is C[C@@H]1C[C@@H]2CN(Cc3ccccc3)C[C@@H]2C1. The van der Waals surface area contributed by atoms with Crippen molar-refractivity contribution in [3.63, 3.8) is 0 Å². The number of rotatable bonds is 2. The van der Waals surface area contributed by atoms with Crippen LogP contribution >= 0.6 is 0 Å². The second-order valence-electron chi connectivity index (χ2n) is 5.78. The van der Waals surface area contributed by atoms with Crippen molar-refractivity contribution in [2.45, 2.75) is 26.3 Å². The number of likely N-dealkylation sites (tertiary alicyclic amines) is 1. The number of hydrogen-bond acceptors (Lipinski definition) is 1. The first kappa shape index (κ1) is 10.3. The molecule has 16 heavy (non-hydrogen) atoms. The Kier molecular flexibility index (Phi) is 2.72. The maximum Gasteiger partial charge on any atom is 0.0233 e. The first-order valence-electron chi connectivity index (χ1n) is 6.57. The molecule has 3 atom stereocenters. The van der Waals surface area contributed by atoms with Crippen LogP contribution in [0.5, 0.6) is 0 Å². The second kappa shape index (κ2) is 4.21. The van der Waals surface area contributed by atoms with E-state index in [-0.39, 0.29) is 0 Å². The molecule has 0 unspecified atom stereocenters. The summed E-state index contributed by atoms with van der Waals surface area (Å²) in [4.78, 5) is 2.65. The summed E-state index contributed by atoms with van der Waals surface area (Å²) >= 11 is 0. The van der Waals surface area contributed by atoms with Crippen LogP contribution in [0.1, 0.15) is 25.3 Å². The van der Waals surface area contributed by atoms with Gasteiger partial charge in [0, 0.05) is 19.6 Å². The van der Waals surface area contributed by atoms with E-state index in [1.807, 2.05) is 0 Å². The van der Waals surface area contributed by atoms with Gasteiger partial charge in [0.2, 0.25) is 0 Å². The Balaban J connectivity index is 1.60. The fourth-order valence-corrected chi connectivity index (χ4v) is 3.67. The van der Waals surface area contributed by atoms with Crippen LogP contribution in [0.25, 0.3) is 0 Å². The van der Waals surface area contributed by atoms with E-state index in [0.29, 0.717) is 0 Å². The smallest absolute Gasteiger partial charge is 0.0233 e. The van der Waals surface area contributed by atoms with Crippen LogP contribution < -0.4 is 0 Å². The monoisotopic (exact) mass is 215 g/mol. The molecule has 2 aliphatic rings. The Morgan fingerprint density at radius 2 is 1.69 bits per heavy atom. The lowest BCUT2D eigenvalue weighted by Crippen LogP contribution is -2.21. The van der Waals surface area contributed by atoms with E-state index in [0.717, 1.165) is 24.3 Å². The van der Waals surface area contributed by atoms with Gasteiger partial charge in [-0.15, -0.1) is 0 Å². The first-order chi connectivity index (χ1) is 7.81. The van der Waals surface area contributed by atoms with E-state index < -0.39 is 0 Å². The molecule has 1 aromatic carbocycles. The van der Waals surface area contributed by atoms with Gasteiger partial charge in [-0.3, -0.25) is 4.90 Å². The highest BCUT2D eigenvalue weighted by atomic mass is 15.2. The highest BCUT2D eigenvalue weighted by Gasteiger charge is 2.38. The van der Waals surface area contributed by atoms with E-state index in [9.17, 15) is 0 Å². The van der Waals surface area contributed by atoms with E-state index in [1.54, 1.807) is 0 Å². The van der Waals surface area contributed by atoms with Crippen molar-refractivity contribution in [3.8, 4) is 0 Å². The Bertz CT molecular complexity index is 332. The lowest BCUT2D eigenvalue weighted by molar-refractivity contribution is 0.293. The van der Waals surface area contributed by atoms with Crippen molar-refractivity contribution in [1.82, 2.24) is 4.90 Å². The average molecular weight is 215 g/mol. The zero-order valence-electron chi connectivity index (χ0n) is 10.1. The van der Waals surface area contributed by atoms with Crippen LogP contribution in [0.15, 0.2) is 30.3 Å². The first-order valence-corrected chi connectivity index (χ1v) is 6.57. The quantitative estimate of drug-likeness (QED) is 0.732. The van der Waals surface area contributed by atoms with Gasteiger partial charge in [0.15, 0.2) is 0 Å². The zero-order chi connectivity index (χ0) is 11.0. The van der Waals surface area contributed by atoms with Gasteiger partial charge in [0.1, 0.15) is 0 Å². The van der Waals surface area contributed by atoms with Crippen LogP contribution in [-0.4, -0.2) is 18.0 Å². The summed E-state index contributed by atoms with van der Waals surface area (Å²) in [5, 5.41) is 0. The van der Waals surface area contributed by atoms with Crippen LogP contribution in [-0.2, 0) is 6.54 Å². The summed E-state index contributed by atoms with van der Waals surface area (Å²) in [6.45, 7) is 6.25. The fraction of sp³-hybridized carbons (Fsp3) is 0.600. The normalized spacial score (nSPS) is 34.2. The molecule has 1 aromatic rings. The zero-order valence-corrected chi connectivity index (χ0v) is 10.1. The standard InChI is InChI=1S/C15H21N/c1-12-7-14-10-16(11-15(14)8-12)9-13-5-3-2-4-6-13/h2-6,12,14-15H,7-11H2,1H3/t12-,14-,15+. The van der Waals surface area contributed by atoms with Crippen LogP contribution in [0.2, 0.25) is 0 Å². The molecule has 0 N–H and O–H groups in total. The molecule has 0 spiro atoms. The third-order valence-corrected chi connectivity index (χ3v) is 4.31. The summed E-state index contributed by atoms with van der Waals surface area (Å²) in [6.07, 6.45) is 2.94. The Labute approximate surface area is 98.5 Å². The third kappa shape index (κ3) is 2.01. The van der Waals surface area contributed by atoms with Gasteiger partial charge in [0.25, 0.3) is 0 Å². The maximum absolute atomic E-state index is 2.65. The van der Waals surface area contributed by atoms with Gasteiger partial charge in [-0.25, -0.2) is 0 Å². The molecule has 0 bridgehead atoms. The van der Waals surface area contributed by atoms with Crippen molar-refractivity contribution in [1.29, 1.82) is 0 Å². The van der Waals surface area contributed by atoms with Crippen LogP contribution in [0, 0.1) is 17.8 Å². The largest absolute Gasteiger partial charge is 0.299 e. The molecular weight excluding hydrogens is 194 g/mol. The molecule has 1 aliphatic heterocycles. The van der Waals surface area contributed by atoms with Gasteiger partial charge in [-0.2, -0.15) is 0 Å². The van der Waals surface area contributed by atoms with Gasteiger partial charge in [0.05, 0.1) is 0 Å². The summed E-state index contributed by atoms with van der Waals surface area (Å²) in [6, 6.07) is 10.9. The number of benzene rings is 1. The predicted molar refractivity (Wildman–Crippen MR) is 67.1 cm³/mol. The minimum Gasteiger partial charge on any atom is -0.299 e. The summed E-state index contributed by atoms with van der Waals surface area (Å²) in [5.74, 6) is 2.98. The summed E-state index contributed by atoms with van der Waals surface area (Å²) in [7, 11) is 0. The second-order valence-corrected chi connectivity index (χ2v) is 5.78. The van der Waals surface area contributed by atoms with E-state index in [2.05, 4.69) is 42.2 Å². The minimum atomic E-state index is 0.980. The van der Waals surface area contributed by atoms with Crippen LogP contribution in [0.4, 0.5) is 0 Å². The van der Waals surface area contributed by atoms with Gasteiger partial charge >= 0.3 is 0 Å². The van der Waals surface area contributed by atoms with Crippen molar-refractivity contribution in [2.75, 3.05) is 13.1 Å². The van der Waals surface area contributed by atoms with E-state index in [4.69, 9.17) is 0 Å². The molecule has 1 nitrogen and oxygen atoms in total. The molecule has 1 aliphatic carbocycles. The van der Waals surface area contributed by atoms with E-state index >= 15 is 0 Å². The molecule has 0 radical (unpaired) electrons. The Morgan fingerprint density at radius 3 is 2.31 bits per heavy atom. The fourth-order valence-electron chi connectivity index (χ4n) is 3.67. The molecule has 1 heterocycles. The summed E-state index contributed by atoms with van der Waals surface area (Å²) < 4.78 is 0. The predicted octanol–water partition coefficient (Wildman–Crippen LogP) is 3.16. The lowest BCUT2D eigenvalue weighted by atomic mass is 10.0. The Hall–Kier alpha value is -0.820. The minimum absolute atomic E-state index is 0.980. The van der Waals surface area contributed by atoms with Crippen molar-refractivity contribution in [3.05, 3.63) is 35.9 Å². The third-order valence-electron chi connectivity index (χ3n) is 4.31.